The fraction of sp³-hybridized carbons (Fsp3) is 0.400. The van der Waals surface area contributed by atoms with Gasteiger partial charge in [-0.25, -0.2) is 13.4 Å². The normalized spacial score (nSPS) is 14.8. The first-order chi connectivity index (χ1) is 14.9. The van der Waals surface area contributed by atoms with Gasteiger partial charge in [0.2, 0.25) is 5.89 Å². The van der Waals surface area contributed by atoms with Crippen LogP contribution in [0.5, 0.6) is 0 Å². The van der Waals surface area contributed by atoms with Crippen LogP contribution < -0.4 is 0 Å². The number of aryl methyl sites for hydroxylation is 2. The van der Waals surface area contributed by atoms with Crippen LogP contribution >= 0.6 is 12.4 Å². The van der Waals surface area contributed by atoms with E-state index in [-0.39, 0.29) is 12.4 Å². The van der Waals surface area contributed by atoms with Crippen molar-refractivity contribution >= 4 is 22.2 Å². The predicted octanol–water partition coefficient (Wildman–Crippen LogP) is 5.56. The fourth-order valence-electron chi connectivity index (χ4n) is 4.14. The van der Waals surface area contributed by atoms with Gasteiger partial charge in [0, 0.05) is 11.8 Å². The zero-order valence-electron chi connectivity index (χ0n) is 18.7. The van der Waals surface area contributed by atoms with Gasteiger partial charge in [-0.15, -0.1) is 12.4 Å². The molecule has 7 heteroatoms. The Labute approximate surface area is 197 Å². The quantitative estimate of drug-likeness (QED) is 0.448. The zero-order valence-corrected chi connectivity index (χ0v) is 20.3. The van der Waals surface area contributed by atoms with E-state index in [1.807, 2.05) is 43.3 Å². The van der Waals surface area contributed by atoms with Crippen LogP contribution in [0, 0.1) is 6.92 Å². The van der Waals surface area contributed by atoms with Crippen LogP contribution in [0.1, 0.15) is 37.1 Å². The molecule has 2 aromatic carbocycles. The van der Waals surface area contributed by atoms with E-state index in [9.17, 15) is 8.42 Å². The molecule has 5 nitrogen and oxygen atoms in total. The first-order valence-electron chi connectivity index (χ1n) is 11.0. The van der Waals surface area contributed by atoms with Gasteiger partial charge in [-0.3, -0.25) is 0 Å². The van der Waals surface area contributed by atoms with Gasteiger partial charge >= 0.3 is 0 Å². The van der Waals surface area contributed by atoms with Crippen molar-refractivity contribution in [2.45, 2.75) is 43.9 Å². The van der Waals surface area contributed by atoms with Crippen molar-refractivity contribution < 1.29 is 12.8 Å². The number of aromatic nitrogens is 1. The standard InChI is InChI=1S/C25H30N2O3S.ClH/c1-19-24(7-6-18-27-16-4-3-5-17-27)26-25(30-19)22-10-8-20(9-11-22)21-12-14-23(15-13-21)31(2,28)29;/h8-15H,3-7,16-18H2,1-2H3;1H. The lowest BCUT2D eigenvalue weighted by Crippen LogP contribution is -2.30. The lowest BCUT2D eigenvalue weighted by atomic mass is 10.0. The summed E-state index contributed by atoms with van der Waals surface area (Å²) in [5, 5.41) is 0. The van der Waals surface area contributed by atoms with Crippen molar-refractivity contribution in [2.75, 3.05) is 25.9 Å². The highest BCUT2D eigenvalue weighted by atomic mass is 35.5. The molecule has 3 aromatic rings. The summed E-state index contributed by atoms with van der Waals surface area (Å²) in [6.07, 6.45) is 7.28. The summed E-state index contributed by atoms with van der Waals surface area (Å²) in [6.45, 7) is 5.58. The lowest BCUT2D eigenvalue weighted by molar-refractivity contribution is 0.226. The molecule has 0 N–H and O–H groups in total. The molecular formula is C25H31ClN2O3S. The molecule has 1 aliphatic rings. The van der Waals surface area contributed by atoms with Crippen molar-refractivity contribution in [2.24, 2.45) is 0 Å². The van der Waals surface area contributed by atoms with Crippen molar-refractivity contribution in [1.29, 1.82) is 0 Å². The third-order valence-corrected chi connectivity index (χ3v) is 7.11. The smallest absolute Gasteiger partial charge is 0.226 e. The first kappa shape index (κ1) is 24.5. The molecule has 4 rings (SSSR count). The van der Waals surface area contributed by atoms with Gasteiger partial charge in [0.25, 0.3) is 0 Å². The molecule has 1 fully saturated rings. The molecule has 0 saturated carbocycles. The van der Waals surface area contributed by atoms with Crippen LogP contribution in [0.25, 0.3) is 22.6 Å². The van der Waals surface area contributed by atoms with E-state index in [0.717, 1.165) is 47.5 Å². The molecule has 1 saturated heterocycles. The number of benzene rings is 2. The van der Waals surface area contributed by atoms with E-state index in [1.165, 1.54) is 38.6 Å². The maximum absolute atomic E-state index is 11.6. The topological polar surface area (TPSA) is 63.4 Å². The lowest BCUT2D eigenvalue weighted by Gasteiger charge is -2.26. The number of nitrogens with zero attached hydrogens (tertiary/aromatic N) is 2. The van der Waals surface area contributed by atoms with Crippen LogP contribution in [0.15, 0.2) is 57.8 Å². The van der Waals surface area contributed by atoms with E-state index in [0.29, 0.717) is 10.8 Å². The van der Waals surface area contributed by atoms with Gasteiger partial charge in [0.15, 0.2) is 9.84 Å². The third kappa shape index (κ3) is 6.00. The molecule has 172 valence electrons. The minimum atomic E-state index is -3.18. The van der Waals surface area contributed by atoms with Crippen molar-refractivity contribution in [3.63, 3.8) is 0 Å². The number of likely N-dealkylation sites (tertiary alicyclic amines) is 1. The zero-order chi connectivity index (χ0) is 21.8. The second-order valence-corrected chi connectivity index (χ2v) is 10.4. The summed E-state index contributed by atoms with van der Waals surface area (Å²) in [4.78, 5) is 7.64. The SMILES string of the molecule is Cc1oc(-c2ccc(-c3ccc(S(C)(=O)=O)cc3)cc2)nc1CCCN1CCCCC1.Cl. The molecule has 2 heterocycles. The van der Waals surface area contributed by atoms with Gasteiger partial charge < -0.3 is 9.32 Å². The van der Waals surface area contributed by atoms with Crippen LogP contribution in [0.4, 0.5) is 0 Å². The number of rotatable bonds is 7. The molecule has 0 amide bonds. The number of hydrogen-bond donors (Lipinski definition) is 0. The minimum absolute atomic E-state index is 0. The van der Waals surface area contributed by atoms with E-state index in [1.54, 1.807) is 12.1 Å². The van der Waals surface area contributed by atoms with Crippen molar-refractivity contribution in [1.82, 2.24) is 9.88 Å². The average molecular weight is 475 g/mol. The largest absolute Gasteiger partial charge is 0.441 e. The minimum Gasteiger partial charge on any atom is -0.441 e. The molecule has 1 aromatic heterocycles. The highest BCUT2D eigenvalue weighted by Crippen LogP contribution is 2.27. The number of hydrogen-bond acceptors (Lipinski definition) is 5. The van der Waals surface area contributed by atoms with Crippen LogP contribution in [0.2, 0.25) is 0 Å². The van der Waals surface area contributed by atoms with Gasteiger partial charge in [-0.2, -0.15) is 0 Å². The van der Waals surface area contributed by atoms with Gasteiger partial charge in [0.05, 0.1) is 10.6 Å². The van der Waals surface area contributed by atoms with Crippen molar-refractivity contribution in [3.8, 4) is 22.6 Å². The van der Waals surface area contributed by atoms with E-state index >= 15 is 0 Å². The van der Waals surface area contributed by atoms with E-state index in [2.05, 4.69) is 4.90 Å². The monoisotopic (exact) mass is 474 g/mol. The maximum Gasteiger partial charge on any atom is 0.226 e. The molecule has 0 spiro atoms. The number of halogens is 1. The molecule has 0 bridgehead atoms. The Kier molecular flexibility index (Phi) is 8.15. The molecule has 1 aliphatic heterocycles. The fourth-order valence-corrected chi connectivity index (χ4v) is 4.77. The Balaban J connectivity index is 0.00000289. The highest BCUT2D eigenvalue weighted by Gasteiger charge is 2.14. The Bertz CT molecular complexity index is 1120. The molecule has 0 unspecified atom stereocenters. The van der Waals surface area contributed by atoms with E-state index in [4.69, 9.17) is 9.40 Å². The number of sulfone groups is 1. The number of piperidine rings is 1. The second-order valence-electron chi connectivity index (χ2n) is 8.40. The Hall–Kier alpha value is -2.15. The van der Waals surface area contributed by atoms with Crippen LogP contribution in [-0.4, -0.2) is 44.2 Å². The Morgan fingerprint density at radius 2 is 1.47 bits per heavy atom. The molecule has 0 atom stereocenters. The summed E-state index contributed by atoms with van der Waals surface area (Å²) in [7, 11) is -3.18. The second kappa shape index (κ2) is 10.6. The van der Waals surface area contributed by atoms with Crippen LogP contribution in [0.3, 0.4) is 0 Å². The summed E-state index contributed by atoms with van der Waals surface area (Å²) in [5.41, 5.74) is 3.99. The summed E-state index contributed by atoms with van der Waals surface area (Å²) in [6, 6.07) is 15.0. The summed E-state index contributed by atoms with van der Waals surface area (Å²) >= 11 is 0. The Morgan fingerprint density at radius 1 is 0.906 bits per heavy atom. The van der Waals surface area contributed by atoms with Gasteiger partial charge in [0.1, 0.15) is 5.76 Å². The van der Waals surface area contributed by atoms with Gasteiger partial charge in [-0.1, -0.05) is 30.7 Å². The molecule has 0 aliphatic carbocycles. The maximum atomic E-state index is 11.6. The van der Waals surface area contributed by atoms with Crippen molar-refractivity contribution in [3.05, 3.63) is 60.0 Å². The Morgan fingerprint density at radius 3 is 2.06 bits per heavy atom. The summed E-state index contributed by atoms with van der Waals surface area (Å²) < 4.78 is 29.2. The molecular weight excluding hydrogens is 444 g/mol. The number of oxazole rings is 1. The highest BCUT2D eigenvalue weighted by molar-refractivity contribution is 7.90. The van der Waals surface area contributed by atoms with Gasteiger partial charge in [-0.05, 0) is 87.6 Å². The van der Waals surface area contributed by atoms with E-state index < -0.39 is 9.84 Å². The molecule has 32 heavy (non-hydrogen) atoms. The summed E-state index contributed by atoms with van der Waals surface area (Å²) in [5.74, 6) is 1.55. The van der Waals surface area contributed by atoms with Crippen LogP contribution in [-0.2, 0) is 16.3 Å². The first-order valence-corrected chi connectivity index (χ1v) is 12.9. The third-order valence-electron chi connectivity index (χ3n) is 5.98. The molecule has 0 radical (unpaired) electrons. The predicted molar refractivity (Wildman–Crippen MR) is 131 cm³/mol. The average Bonchev–Trinajstić information content (AvgIpc) is 3.15.